The lowest BCUT2D eigenvalue weighted by Gasteiger charge is -2.31. The van der Waals surface area contributed by atoms with Crippen molar-refractivity contribution in [3.63, 3.8) is 0 Å². The maximum absolute atomic E-state index is 13.2. The van der Waals surface area contributed by atoms with E-state index >= 15 is 0 Å². The Bertz CT molecular complexity index is 1340. The van der Waals surface area contributed by atoms with Crippen molar-refractivity contribution in [2.24, 2.45) is 0 Å². The highest BCUT2D eigenvalue weighted by molar-refractivity contribution is 5.83. The molecule has 2 unspecified atom stereocenters. The molecule has 1 amide bonds. The predicted molar refractivity (Wildman–Crippen MR) is 149 cm³/mol. The van der Waals surface area contributed by atoms with Crippen LogP contribution in [0.15, 0.2) is 78.9 Å². The summed E-state index contributed by atoms with van der Waals surface area (Å²) in [6.07, 6.45) is -0.222. The number of amides is 1. The van der Waals surface area contributed by atoms with Gasteiger partial charge in [-0.25, -0.2) is 4.79 Å². The number of hydrogen-bond donors (Lipinski definition) is 1. The van der Waals surface area contributed by atoms with E-state index in [9.17, 15) is 19.2 Å². The lowest BCUT2D eigenvalue weighted by molar-refractivity contribution is -0.155. The number of ether oxygens (including phenoxy) is 4. The van der Waals surface area contributed by atoms with E-state index in [2.05, 4.69) is 5.32 Å². The van der Waals surface area contributed by atoms with Crippen LogP contribution in [0.3, 0.4) is 0 Å². The first-order valence-electron chi connectivity index (χ1n) is 13.6. The van der Waals surface area contributed by atoms with Crippen LogP contribution in [-0.2, 0) is 46.4 Å². The molecule has 2 atom stereocenters. The van der Waals surface area contributed by atoms with Gasteiger partial charge in [0.25, 0.3) is 0 Å². The average Bonchev–Trinajstić information content (AvgIpc) is 2.99. The lowest BCUT2D eigenvalue weighted by atomic mass is 9.79. The van der Waals surface area contributed by atoms with Crippen LogP contribution in [0, 0.1) is 0 Å². The number of carbonyl (C=O) groups is 4. The van der Waals surface area contributed by atoms with Crippen molar-refractivity contribution in [1.82, 2.24) is 5.32 Å². The number of fused-ring (bicyclic) bond motifs is 1. The summed E-state index contributed by atoms with van der Waals surface area (Å²) in [5.74, 6) is -2.05. The van der Waals surface area contributed by atoms with Gasteiger partial charge < -0.3 is 24.3 Å². The van der Waals surface area contributed by atoms with Crippen LogP contribution in [0.1, 0.15) is 48.8 Å². The van der Waals surface area contributed by atoms with E-state index in [-0.39, 0.29) is 44.4 Å². The average molecular weight is 560 g/mol. The molecule has 214 valence electrons. The molecule has 0 fully saturated rings. The van der Waals surface area contributed by atoms with Crippen molar-refractivity contribution in [2.75, 3.05) is 13.4 Å². The van der Waals surface area contributed by atoms with Gasteiger partial charge in [0.05, 0.1) is 18.9 Å². The number of carbonyl (C=O) groups excluding carboxylic acids is 4. The van der Waals surface area contributed by atoms with E-state index in [0.29, 0.717) is 6.42 Å². The molecule has 0 radical (unpaired) electrons. The quantitative estimate of drug-likeness (QED) is 0.197. The van der Waals surface area contributed by atoms with Gasteiger partial charge in [-0.1, -0.05) is 78.9 Å². The van der Waals surface area contributed by atoms with E-state index in [1.807, 2.05) is 78.9 Å². The van der Waals surface area contributed by atoms with Crippen molar-refractivity contribution in [3.05, 3.63) is 95.6 Å². The smallest absolute Gasteiger partial charge is 0.461 e. The highest BCUT2D eigenvalue weighted by Gasteiger charge is 2.34. The van der Waals surface area contributed by atoms with Crippen molar-refractivity contribution in [2.45, 2.75) is 51.2 Å². The summed E-state index contributed by atoms with van der Waals surface area (Å²) in [6, 6.07) is 24.6. The second-order valence-electron chi connectivity index (χ2n) is 9.59. The molecule has 1 aliphatic carbocycles. The first kappa shape index (κ1) is 29.3. The van der Waals surface area contributed by atoms with Crippen LogP contribution < -0.4 is 5.32 Å². The number of hydrogen-bond acceptors (Lipinski definition) is 8. The number of esters is 2. The SMILES string of the molecule is CCOC(=O)OCOC(=O)C1CC(NC(=O)CCC(=O)OCc2ccccc2)Cc2ccc(-c3ccccc3)cc21. The minimum atomic E-state index is -0.928. The van der Waals surface area contributed by atoms with Crippen LogP contribution in [0.4, 0.5) is 4.79 Å². The fraction of sp³-hybridized carbons (Fsp3) is 0.312. The Morgan fingerprint density at radius 3 is 2.27 bits per heavy atom. The Morgan fingerprint density at radius 2 is 1.54 bits per heavy atom. The summed E-state index contributed by atoms with van der Waals surface area (Å²) < 4.78 is 20.0. The van der Waals surface area contributed by atoms with Gasteiger partial charge in [-0.2, -0.15) is 0 Å². The zero-order valence-corrected chi connectivity index (χ0v) is 22.9. The third-order valence-electron chi connectivity index (χ3n) is 6.70. The summed E-state index contributed by atoms with van der Waals surface area (Å²) in [5.41, 5.74) is 4.51. The molecule has 0 aromatic heterocycles. The molecule has 0 aliphatic heterocycles. The maximum Gasteiger partial charge on any atom is 0.511 e. The van der Waals surface area contributed by atoms with E-state index in [1.165, 1.54) is 0 Å². The largest absolute Gasteiger partial charge is 0.511 e. The topological polar surface area (TPSA) is 117 Å². The third-order valence-corrected chi connectivity index (χ3v) is 6.70. The van der Waals surface area contributed by atoms with Gasteiger partial charge >= 0.3 is 18.1 Å². The molecule has 0 bridgehead atoms. The molecule has 3 aromatic carbocycles. The molecule has 9 nitrogen and oxygen atoms in total. The normalized spacial score (nSPS) is 15.6. The molecule has 0 spiro atoms. The lowest BCUT2D eigenvalue weighted by Crippen LogP contribution is -2.41. The first-order chi connectivity index (χ1) is 19.9. The molecule has 4 rings (SSSR count). The monoisotopic (exact) mass is 559 g/mol. The summed E-state index contributed by atoms with van der Waals surface area (Å²) in [5, 5.41) is 2.95. The molecule has 1 aliphatic rings. The molecule has 0 saturated heterocycles. The van der Waals surface area contributed by atoms with Crippen molar-refractivity contribution in [1.29, 1.82) is 0 Å². The number of benzene rings is 3. The minimum Gasteiger partial charge on any atom is -0.461 e. The Kier molecular flexibility index (Phi) is 10.5. The maximum atomic E-state index is 13.2. The highest BCUT2D eigenvalue weighted by atomic mass is 16.8. The van der Waals surface area contributed by atoms with Crippen LogP contribution in [0.25, 0.3) is 11.1 Å². The Hall–Kier alpha value is -4.66. The Morgan fingerprint density at radius 1 is 0.805 bits per heavy atom. The third kappa shape index (κ3) is 8.66. The fourth-order valence-corrected chi connectivity index (χ4v) is 4.73. The zero-order valence-electron chi connectivity index (χ0n) is 22.9. The summed E-state index contributed by atoms with van der Waals surface area (Å²) in [7, 11) is 0. The Balaban J connectivity index is 1.39. The molecule has 1 N–H and O–H groups in total. The number of nitrogens with one attached hydrogen (secondary N) is 1. The molecule has 0 heterocycles. The van der Waals surface area contributed by atoms with Gasteiger partial charge in [0.1, 0.15) is 6.61 Å². The van der Waals surface area contributed by atoms with E-state index in [4.69, 9.17) is 18.9 Å². The summed E-state index contributed by atoms with van der Waals surface area (Å²) in [6.45, 7) is 1.34. The van der Waals surface area contributed by atoms with Gasteiger partial charge in [0.15, 0.2) is 0 Å². The molecular weight excluding hydrogens is 526 g/mol. The van der Waals surface area contributed by atoms with Crippen LogP contribution in [0.5, 0.6) is 0 Å². The van der Waals surface area contributed by atoms with Gasteiger partial charge in [0.2, 0.25) is 12.7 Å². The van der Waals surface area contributed by atoms with E-state index in [0.717, 1.165) is 27.8 Å². The number of rotatable bonds is 11. The highest BCUT2D eigenvalue weighted by Crippen LogP contribution is 2.36. The predicted octanol–water partition coefficient (Wildman–Crippen LogP) is 5.07. The van der Waals surface area contributed by atoms with Gasteiger partial charge in [0, 0.05) is 12.5 Å². The fourth-order valence-electron chi connectivity index (χ4n) is 4.73. The Labute approximate surface area is 238 Å². The molecule has 9 heteroatoms. The molecular formula is C32H33NO8. The molecule has 3 aromatic rings. The van der Waals surface area contributed by atoms with Crippen LogP contribution >= 0.6 is 0 Å². The molecule has 41 heavy (non-hydrogen) atoms. The summed E-state index contributed by atoms with van der Waals surface area (Å²) in [4.78, 5) is 49.5. The molecule has 0 saturated carbocycles. The van der Waals surface area contributed by atoms with Crippen molar-refractivity contribution >= 4 is 24.0 Å². The van der Waals surface area contributed by atoms with Gasteiger partial charge in [-0.05, 0) is 47.6 Å². The van der Waals surface area contributed by atoms with Crippen LogP contribution in [-0.4, -0.2) is 43.4 Å². The second kappa shape index (κ2) is 14.6. The van der Waals surface area contributed by atoms with Gasteiger partial charge in [-0.15, -0.1) is 0 Å². The van der Waals surface area contributed by atoms with Crippen molar-refractivity contribution < 1.29 is 38.1 Å². The van der Waals surface area contributed by atoms with E-state index < -0.39 is 30.8 Å². The van der Waals surface area contributed by atoms with E-state index in [1.54, 1.807) is 6.92 Å². The zero-order chi connectivity index (χ0) is 29.0. The second-order valence-corrected chi connectivity index (χ2v) is 9.59. The van der Waals surface area contributed by atoms with Crippen molar-refractivity contribution in [3.8, 4) is 11.1 Å². The van der Waals surface area contributed by atoms with Crippen LogP contribution in [0.2, 0.25) is 0 Å². The summed E-state index contributed by atoms with van der Waals surface area (Å²) >= 11 is 0. The first-order valence-corrected chi connectivity index (χ1v) is 13.6. The van der Waals surface area contributed by atoms with Gasteiger partial charge in [-0.3, -0.25) is 14.4 Å². The standard InChI is InChI=1S/C32H33NO8/c1-2-38-32(37)41-21-40-31(36)28-19-26(17-25-14-13-24(18-27(25)28)23-11-7-4-8-12-23)33-29(34)15-16-30(35)39-20-22-9-5-3-6-10-22/h3-14,18,26,28H,2,15-17,19-21H2,1H3,(H,33,34). The minimum absolute atomic E-state index is 0.0353.